The summed E-state index contributed by atoms with van der Waals surface area (Å²) < 4.78 is 44.5. The maximum Gasteiger partial charge on any atom is 0.416 e. The molecule has 0 saturated carbocycles. The molecule has 0 aliphatic carbocycles. The van der Waals surface area contributed by atoms with E-state index < -0.39 is 17.7 Å². The van der Waals surface area contributed by atoms with E-state index in [0.717, 1.165) is 12.1 Å². The molecule has 0 spiro atoms. The largest absolute Gasteiger partial charge is 0.462 e. The minimum Gasteiger partial charge on any atom is -0.462 e. The van der Waals surface area contributed by atoms with Gasteiger partial charge in [0.05, 0.1) is 23.4 Å². The molecular weight excluding hydrogens is 381 g/mol. The Morgan fingerprint density at radius 3 is 2.52 bits per heavy atom. The van der Waals surface area contributed by atoms with E-state index in [4.69, 9.17) is 16.3 Å². The first-order valence-corrected chi connectivity index (χ1v) is 8.37. The first kappa shape index (κ1) is 19.0. The molecule has 0 atom stereocenters. The van der Waals surface area contributed by atoms with E-state index in [-0.39, 0.29) is 23.2 Å². The fourth-order valence-electron chi connectivity index (χ4n) is 2.54. The Hall–Kier alpha value is -2.80. The second kappa shape index (κ2) is 7.44. The van der Waals surface area contributed by atoms with Gasteiger partial charge in [0.2, 0.25) is 0 Å². The molecule has 8 heteroatoms. The minimum absolute atomic E-state index is 0.0404. The summed E-state index contributed by atoms with van der Waals surface area (Å²) in [6.07, 6.45) is -3.24. The molecule has 1 heterocycles. The van der Waals surface area contributed by atoms with E-state index in [1.807, 2.05) is 0 Å². The number of nitrogens with zero attached hydrogens (tertiary/aromatic N) is 1. The van der Waals surface area contributed by atoms with Crippen LogP contribution in [0, 0.1) is 0 Å². The zero-order valence-electron chi connectivity index (χ0n) is 14.1. The second-order valence-electron chi connectivity index (χ2n) is 5.63. The molecule has 3 rings (SSSR count). The van der Waals surface area contributed by atoms with Crippen LogP contribution >= 0.6 is 11.6 Å². The predicted octanol–water partition coefficient (Wildman–Crippen LogP) is 5.83. The molecule has 27 heavy (non-hydrogen) atoms. The van der Waals surface area contributed by atoms with E-state index in [1.54, 1.807) is 31.2 Å². The van der Waals surface area contributed by atoms with Crippen LogP contribution in [-0.2, 0) is 10.9 Å². The minimum atomic E-state index is -4.52. The van der Waals surface area contributed by atoms with E-state index in [1.165, 1.54) is 12.3 Å². The lowest BCUT2D eigenvalue weighted by molar-refractivity contribution is -0.137. The van der Waals surface area contributed by atoms with Gasteiger partial charge in [-0.05, 0) is 49.4 Å². The van der Waals surface area contributed by atoms with Crippen molar-refractivity contribution in [1.82, 2.24) is 4.98 Å². The van der Waals surface area contributed by atoms with Gasteiger partial charge in [-0.2, -0.15) is 13.2 Å². The molecule has 140 valence electrons. The van der Waals surface area contributed by atoms with Crippen LogP contribution < -0.4 is 5.32 Å². The van der Waals surface area contributed by atoms with Crippen LogP contribution in [0.25, 0.3) is 10.9 Å². The molecule has 3 aromatic rings. The Kier molecular flexibility index (Phi) is 5.23. The maximum absolute atomic E-state index is 13.2. The molecule has 0 unspecified atom stereocenters. The van der Waals surface area contributed by atoms with Gasteiger partial charge < -0.3 is 10.1 Å². The van der Waals surface area contributed by atoms with Crippen LogP contribution in [-0.4, -0.2) is 17.6 Å². The third-order valence-electron chi connectivity index (χ3n) is 3.80. The zero-order valence-corrected chi connectivity index (χ0v) is 14.9. The summed E-state index contributed by atoms with van der Waals surface area (Å²) in [7, 11) is 0. The van der Waals surface area contributed by atoms with Gasteiger partial charge in [0.15, 0.2) is 0 Å². The zero-order chi connectivity index (χ0) is 19.6. The van der Waals surface area contributed by atoms with Crippen molar-refractivity contribution < 1.29 is 22.7 Å². The fraction of sp³-hybridized carbons (Fsp3) is 0.158. The molecule has 0 saturated heterocycles. The average molecular weight is 395 g/mol. The van der Waals surface area contributed by atoms with Gasteiger partial charge in [0, 0.05) is 22.3 Å². The Balaban J connectivity index is 2.20. The lowest BCUT2D eigenvalue weighted by Crippen LogP contribution is -2.10. The van der Waals surface area contributed by atoms with E-state index in [2.05, 4.69) is 10.3 Å². The standard InChI is InChI=1S/C19H14ClF3N2O2/c1-2-27-18(26)15-10-24-16-8-3-11(19(21,22)23)9-14(16)17(15)25-13-6-4-12(20)5-7-13/h3-10H,2H2,1H3,(H,24,25). The number of fused-ring (bicyclic) bond motifs is 1. The van der Waals surface area contributed by atoms with Crippen molar-refractivity contribution in [2.24, 2.45) is 0 Å². The summed E-state index contributed by atoms with van der Waals surface area (Å²) in [6.45, 7) is 1.76. The molecule has 0 aliphatic heterocycles. The van der Waals surface area contributed by atoms with Crippen molar-refractivity contribution in [2.75, 3.05) is 11.9 Å². The molecule has 1 aromatic heterocycles. The highest BCUT2D eigenvalue weighted by molar-refractivity contribution is 6.30. The highest BCUT2D eigenvalue weighted by Gasteiger charge is 2.31. The van der Waals surface area contributed by atoms with Gasteiger partial charge in [-0.15, -0.1) is 0 Å². The van der Waals surface area contributed by atoms with Crippen molar-refractivity contribution in [2.45, 2.75) is 13.1 Å². The highest BCUT2D eigenvalue weighted by Crippen LogP contribution is 2.35. The summed E-state index contributed by atoms with van der Waals surface area (Å²) in [5.74, 6) is -0.680. The molecule has 0 aliphatic rings. The van der Waals surface area contributed by atoms with Crippen LogP contribution in [0.2, 0.25) is 5.02 Å². The topological polar surface area (TPSA) is 51.2 Å². The SMILES string of the molecule is CCOC(=O)c1cnc2ccc(C(F)(F)F)cc2c1Nc1ccc(Cl)cc1. The third kappa shape index (κ3) is 4.14. The monoisotopic (exact) mass is 394 g/mol. The van der Waals surface area contributed by atoms with Crippen LogP contribution in [0.4, 0.5) is 24.5 Å². The van der Waals surface area contributed by atoms with Crippen molar-refractivity contribution in [3.05, 3.63) is 64.8 Å². The normalized spacial score (nSPS) is 11.4. The van der Waals surface area contributed by atoms with Gasteiger partial charge in [-0.3, -0.25) is 4.98 Å². The number of carbonyl (C=O) groups excluding carboxylic acids is 1. The number of carbonyl (C=O) groups is 1. The summed E-state index contributed by atoms with van der Waals surface area (Å²) in [5, 5.41) is 3.66. The Labute approximate surface area is 157 Å². The highest BCUT2D eigenvalue weighted by atomic mass is 35.5. The van der Waals surface area contributed by atoms with Gasteiger partial charge >= 0.3 is 12.1 Å². The van der Waals surface area contributed by atoms with E-state index in [0.29, 0.717) is 16.2 Å². The number of aromatic nitrogens is 1. The van der Waals surface area contributed by atoms with Crippen molar-refractivity contribution in [1.29, 1.82) is 0 Å². The number of anilines is 2. The lowest BCUT2D eigenvalue weighted by atomic mass is 10.1. The van der Waals surface area contributed by atoms with Crippen LogP contribution in [0.3, 0.4) is 0 Å². The van der Waals surface area contributed by atoms with Crippen LogP contribution in [0.5, 0.6) is 0 Å². The molecule has 0 amide bonds. The number of rotatable bonds is 4. The molecule has 0 radical (unpaired) electrons. The second-order valence-corrected chi connectivity index (χ2v) is 6.07. The third-order valence-corrected chi connectivity index (χ3v) is 4.06. The van der Waals surface area contributed by atoms with E-state index in [9.17, 15) is 18.0 Å². The van der Waals surface area contributed by atoms with Gasteiger partial charge in [-0.25, -0.2) is 4.79 Å². The molecule has 0 bridgehead atoms. The number of halogens is 4. The van der Waals surface area contributed by atoms with Gasteiger partial charge in [0.25, 0.3) is 0 Å². The van der Waals surface area contributed by atoms with Gasteiger partial charge in [-0.1, -0.05) is 11.6 Å². The molecule has 4 nitrogen and oxygen atoms in total. The Bertz CT molecular complexity index is 989. The van der Waals surface area contributed by atoms with Crippen LogP contribution in [0.1, 0.15) is 22.8 Å². The predicted molar refractivity (Wildman–Crippen MR) is 97.4 cm³/mol. The summed E-state index contributed by atoms with van der Waals surface area (Å²) in [4.78, 5) is 16.4. The Morgan fingerprint density at radius 2 is 1.89 bits per heavy atom. The smallest absolute Gasteiger partial charge is 0.416 e. The summed E-state index contributed by atoms with van der Waals surface area (Å²) >= 11 is 5.87. The first-order chi connectivity index (χ1) is 12.8. The van der Waals surface area contributed by atoms with Crippen LogP contribution in [0.15, 0.2) is 48.7 Å². The number of esters is 1. The number of hydrogen-bond donors (Lipinski definition) is 1. The molecular formula is C19H14ClF3N2O2. The number of ether oxygens (including phenoxy) is 1. The number of nitrogens with one attached hydrogen (secondary N) is 1. The quantitative estimate of drug-likeness (QED) is 0.566. The van der Waals surface area contributed by atoms with Gasteiger partial charge in [0.1, 0.15) is 5.56 Å². The number of pyridine rings is 1. The average Bonchev–Trinajstić information content (AvgIpc) is 2.62. The Morgan fingerprint density at radius 1 is 1.19 bits per heavy atom. The van der Waals surface area contributed by atoms with Crippen molar-refractivity contribution in [3.8, 4) is 0 Å². The fourth-order valence-corrected chi connectivity index (χ4v) is 2.67. The number of benzene rings is 2. The molecule has 2 aromatic carbocycles. The van der Waals surface area contributed by atoms with E-state index >= 15 is 0 Å². The summed E-state index contributed by atoms with van der Waals surface area (Å²) in [5.41, 5.74) is 0.254. The lowest BCUT2D eigenvalue weighted by Gasteiger charge is -2.15. The van der Waals surface area contributed by atoms with Crippen molar-refractivity contribution >= 4 is 39.8 Å². The first-order valence-electron chi connectivity index (χ1n) is 7.99. The molecule has 1 N–H and O–H groups in total. The van der Waals surface area contributed by atoms with Crippen molar-refractivity contribution in [3.63, 3.8) is 0 Å². The maximum atomic E-state index is 13.2. The molecule has 0 fully saturated rings. The number of hydrogen-bond acceptors (Lipinski definition) is 4. The number of alkyl halides is 3. The summed E-state index contributed by atoms with van der Waals surface area (Å²) in [6, 6.07) is 9.72.